The lowest BCUT2D eigenvalue weighted by atomic mass is 10.8. The second-order valence-electron chi connectivity index (χ2n) is 0.766. The Kier molecular flexibility index (Phi) is 2.40. The fraction of sp³-hybridized carbons (Fsp3) is 0. The largest absolute Gasteiger partial charge is 0.286 e. The van der Waals surface area contributed by atoms with E-state index in [1.54, 1.807) is 12.4 Å². The van der Waals surface area contributed by atoms with Crippen LogP contribution in [-0.4, -0.2) is 21.2 Å². The Labute approximate surface area is 40.6 Å². The summed E-state index contributed by atoms with van der Waals surface area (Å²) in [6.07, 6.45) is 3.46. The summed E-state index contributed by atoms with van der Waals surface area (Å²) in [5.41, 5.74) is 0. The molecule has 1 N–H and O–H groups in total. The van der Waals surface area contributed by atoms with Gasteiger partial charge in [0.2, 0.25) is 0 Å². The molecule has 6 heavy (non-hydrogen) atoms. The van der Waals surface area contributed by atoms with Crippen molar-refractivity contribution in [2.75, 3.05) is 0 Å². The lowest BCUT2D eigenvalue weighted by Gasteiger charge is -1.49. The molecule has 1 rings (SSSR count). The first-order valence-electron chi connectivity index (χ1n) is 1.44. The van der Waals surface area contributed by atoms with E-state index in [0.717, 1.165) is 0 Å². The third-order valence-electron chi connectivity index (χ3n) is 0.406. The van der Waals surface area contributed by atoms with E-state index in [1.807, 2.05) is 6.07 Å². The summed E-state index contributed by atoms with van der Waals surface area (Å²) in [5.74, 6) is 0. The van der Waals surface area contributed by atoms with Crippen LogP contribution in [0.2, 0.25) is 0 Å². The molecule has 0 saturated heterocycles. The second-order valence-corrected chi connectivity index (χ2v) is 0.766. The number of aromatic amines is 1. The van der Waals surface area contributed by atoms with Crippen molar-refractivity contribution in [3.8, 4) is 0 Å². The van der Waals surface area contributed by atoms with E-state index in [1.165, 1.54) is 0 Å². The van der Waals surface area contributed by atoms with E-state index in [0.29, 0.717) is 0 Å². The Morgan fingerprint density at radius 1 is 1.50 bits per heavy atom. The van der Waals surface area contributed by atoms with Crippen molar-refractivity contribution in [3.63, 3.8) is 0 Å². The van der Waals surface area contributed by atoms with Crippen LogP contribution >= 0.6 is 0 Å². The highest BCUT2D eigenvalue weighted by Gasteiger charge is 1.56. The van der Waals surface area contributed by atoms with Crippen molar-refractivity contribution >= 4 is 11.0 Å². The highest BCUT2D eigenvalue weighted by molar-refractivity contribution is 5.75. The molecule has 0 bridgehead atoms. The summed E-state index contributed by atoms with van der Waals surface area (Å²) in [6, 6.07) is 1.83. The van der Waals surface area contributed by atoms with Gasteiger partial charge in [0, 0.05) is 23.4 Å². The van der Waals surface area contributed by atoms with Crippen LogP contribution in [0.3, 0.4) is 0 Å². The first-order valence-corrected chi connectivity index (χ1v) is 1.44. The molecule has 30 valence electrons. The Bertz CT molecular complexity index is 65.3. The van der Waals surface area contributed by atoms with Gasteiger partial charge in [-0.2, -0.15) is 5.10 Å². The van der Waals surface area contributed by atoms with Gasteiger partial charge in [0.15, 0.2) is 0 Å². The first-order chi connectivity index (χ1) is 2.50. The van der Waals surface area contributed by atoms with Gasteiger partial charge in [-0.15, -0.1) is 0 Å². The molecule has 0 spiro atoms. The fourth-order valence-electron chi connectivity index (χ4n) is 0.215. The molecule has 0 fully saturated rings. The maximum Gasteiger partial charge on any atom is 0.0487 e. The minimum absolute atomic E-state index is 0. The van der Waals surface area contributed by atoms with Crippen molar-refractivity contribution < 1.29 is 0 Å². The van der Waals surface area contributed by atoms with E-state index in [4.69, 9.17) is 0 Å². The van der Waals surface area contributed by atoms with Gasteiger partial charge in [-0.3, -0.25) is 5.10 Å². The third kappa shape index (κ3) is 1.03. The predicted octanol–water partition coefficient (Wildman–Crippen LogP) is 0.0289. The minimum atomic E-state index is 0. The van der Waals surface area contributed by atoms with Crippen LogP contribution in [0, 0.1) is 0 Å². The minimum Gasteiger partial charge on any atom is -0.286 e. The van der Waals surface area contributed by atoms with Gasteiger partial charge >= 0.3 is 0 Å². The van der Waals surface area contributed by atoms with Gasteiger partial charge in [0.05, 0.1) is 0 Å². The SMILES string of the molecule is [Si].c1cn[nH]c1. The van der Waals surface area contributed by atoms with Crippen LogP contribution in [0.15, 0.2) is 18.5 Å². The molecule has 0 amide bonds. The number of nitrogens with zero attached hydrogens (tertiary/aromatic N) is 1. The molecular formula is C3H4N2Si. The Hall–Kier alpha value is -0.573. The maximum atomic E-state index is 3.60. The summed E-state index contributed by atoms with van der Waals surface area (Å²) in [5, 5.41) is 6.21. The zero-order valence-electron chi connectivity index (χ0n) is 3.18. The van der Waals surface area contributed by atoms with Gasteiger partial charge in [-0.25, -0.2) is 0 Å². The summed E-state index contributed by atoms with van der Waals surface area (Å²) in [7, 11) is 0. The van der Waals surface area contributed by atoms with Gasteiger partial charge in [-0.05, 0) is 6.07 Å². The fourth-order valence-corrected chi connectivity index (χ4v) is 0.215. The highest BCUT2D eigenvalue weighted by atomic mass is 28.1. The van der Waals surface area contributed by atoms with E-state index in [2.05, 4.69) is 10.2 Å². The van der Waals surface area contributed by atoms with Crippen LogP contribution in [0.25, 0.3) is 0 Å². The molecule has 1 heterocycles. The number of nitrogens with one attached hydrogen (secondary N) is 1. The first kappa shape index (κ1) is 5.43. The standard InChI is InChI=1S/C3H4N2.Si/c1-2-4-5-3-1;/h1-3H,(H,4,5);. The molecule has 3 heteroatoms. The Balaban J connectivity index is 0.000000250. The lowest BCUT2D eigenvalue weighted by Crippen LogP contribution is -1.53. The van der Waals surface area contributed by atoms with Crippen molar-refractivity contribution in [2.45, 2.75) is 0 Å². The molecule has 0 aliphatic rings. The maximum absolute atomic E-state index is 3.60. The lowest BCUT2D eigenvalue weighted by molar-refractivity contribution is 1.09. The molecule has 0 unspecified atom stereocenters. The molecule has 0 atom stereocenters. The van der Waals surface area contributed by atoms with Crippen molar-refractivity contribution in [3.05, 3.63) is 18.5 Å². The molecule has 1 aromatic rings. The van der Waals surface area contributed by atoms with Crippen LogP contribution in [0.5, 0.6) is 0 Å². The van der Waals surface area contributed by atoms with Crippen LogP contribution in [-0.2, 0) is 0 Å². The van der Waals surface area contributed by atoms with Gasteiger partial charge < -0.3 is 0 Å². The molecule has 0 aliphatic carbocycles. The van der Waals surface area contributed by atoms with Crippen molar-refractivity contribution in [1.29, 1.82) is 0 Å². The predicted molar refractivity (Wildman–Crippen MR) is 24.3 cm³/mol. The van der Waals surface area contributed by atoms with Gasteiger partial charge in [-0.1, -0.05) is 0 Å². The number of rotatable bonds is 0. The quantitative estimate of drug-likeness (QED) is 0.453. The smallest absolute Gasteiger partial charge is 0.0487 e. The highest BCUT2D eigenvalue weighted by Crippen LogP contribution is 1.64. The third-order valence-corrected chi connectivity index (χ3v) is 0.406. The van der Waals surface area contributed by atoms with Crippen molar-refractivity contribution in [2.24, 2.45) is 0 Å². The number of hydrogen-bond acceptors (Lipinski definition) is 1. The summed E-state index contributed by atoms with van der Waals surface area (Å²) < 4.78 is 0. The summed E-state index contributed by atoms with van der Waals surface area (Å²) >= 11 is 0. The molecule has 0 aliphatic heterocycles. The molecule has 0 aromatic carbocycles. The van der Waals surface area contributed by atoms with E-state index in [9.17, 15) is 0 Å². The van der Waals surface area contributed by atoms with Crippen LogP contribution < -0.4 is 0 Å². The molecule has 2 nitrogen and oxygen atoms in total. The van der Waals surface area contributed by atoms with Crippen molar-refractivity contribution in [1.82, 2.24) is 10.2 Å². The van der Waals surface area contributed by atoms with E-state index >= 15 is 0 Å². The average molecular weight is 96.2 g/mol. The normalized spacial score (nSPS) is 6.67. The second kappa shape index (κ2) is 2.65. The monoisotopic (exact) mass is 96.0 g/mol. The topological polar surface area (TPSA) is 28.7 Å². The summed E-state index contributed by atoms with van der Waals surface area (Å²) in [4.78, 5) is 0. The van der Waals surface area contributed by atoms with Crippen LogP contribution in [0.4, 0.5) is 0 Å². The molecular weight excluding hydrogens is 92.1 g/mol. The zero-order chi connectivity index (χ0) is 3.54. The number of hydrogen-bond donors (Lipinski definition) is 1. The van der Waals surface area contributed by atoms with Crippen LogP contribution in [0.1, 0.15) is 0 Å². The molecule has 0 saturated carbocycles. The van der Waals surface area contributed by atoms with Gasteiger partial charge in [0.1, 0.15) is 0 Å². The Morgan fingerprint density at radius 3 is 2.50 bits per heavy atom. The summed E-state index contributed by atoms with van der Waals surface area (Å²) in [6.45, 7) is 0. The van der Waals surface area contributed by atoms with Gasteiger partial charge in [0.25, 0.3) is 0 Å². The zero-order valence-corrected chi connectivity index (χ0v) is 4.18. The number of H-pyrrole nitrogens is 1. The average Bonchev–Trinajstić information content (AvgIpc) is 1.76. The Morgan fingerprint density at radius 2 is 2.33 bits per heavy atom. The molecule has 4 radical (unpaired) electrons. The number of aromatic nitrogens is 2. The molecule has 1 aromatic heterocycles. The van der Waals surface area contributed by atoms with E-state index in [-0.39, 0.29) is 11.0 Å². The van der Waals surface area contributed by atoms with E-state index < -0.39 is 0 Å².